The van der Waals surface area contributed by atoms with Crippen molar-refractivity contribution < 1.29 is 14.6 Å². The van der Waals surface area contributed by atoms with Crippen molar-refractivity contribution in [2.75, 3.05) is 6.61 Å². The third-order valence-electron chi connectivity index (χ3n) is 6.13. The van der Waals surface area contributed by atoms with Gasteiger partial charge in [0.25, 0.3) is 0 Å². The lowest BCUT2D eigenvalue weighted by atomic mass is 9.73. The number of hydrogen-bond acceptors (Lipinski definition) is 3. The number of ketones is 1. The summed E-state index contributed by atoms with van der Waals surface area (Å²) in [5.74, 6) is 2.00. The van der Waals surface area contributed by atoms with Crippen LogP contribution in [0.25, 0.3) is 0 Å². The topological polar surface area (TPSA) is 46.5 Å². The van der Waals surface area contributed by atoms with E-state index in [4.69, 9.17) is 4.74 Å². The van der Waals surface area contributed by atoms with Crippen molar-refractivity contribution in [3.63, 3.8) is 0 Å². The summed E-state index contributed by atoms with van der Waals surface area (Å²) in [7, 11) is 0. The highest BCUT2D eigenvalue weighted by Gasteiger charge is 2.37. The van der Waals surface area contributed by atoms with Gasteiger partial charge < -0.3 is 9.84 Å². The van der Waals surface area contributed by atoms with E-state index in [0.29, 0.717) is 36.9 Å². The molecule has 1 aromatic carbocycles. The molecule has 1 aliphatic carbocycles. The normalized spacial score (nSPS) is 21.8. The van der Waals surface area contributed by atoms with Crippen molar-refractivity contribution in [3.05, 3.63) is 23.3 Å². The van der Waals surface area contributed by atoms with Crippen LogP contribution in [0.4, 0.5) is 0 Å². The molecule has 0 saturated heterocycles. The summed E-state index contributed by atoms with van der Waals surface area (Å²) in [5.41, 5.74) is 2.04. The highest BCUT2D eigenvalue weighted by Crippen LogP contribution is 2.48. The van der Waals surface area contributed by atoms with Crippen molar-refractivity contribution in [1.82, 2.24) is 0 Å². The van der Waals surface area contributed by atoms with Gasteiger partial charge in [0.2, 0.25) is 0 Å². The van der Waals surface area contributed by atoms with Crippen LogP contribution in [0.15, 0.2) is 12.1 Å². The van der Waals surface area contributed by atoms with Crippen LogP contribution >= 0.6 is 0 Å². The predicted molar refractivity (Wildman–Crippen MR) is 105 cm³/mol. The Kier molecular flexibility index (Phi) is 6.99. The smallest absolute Gasteiger partial charge is 0.133 e. The molecule has 1 heterocycles. The first-order valence-corrected chi connectivity index (χ1v) is 10.7. The van der Waals surface area contributed by atoms with Crippen LogP contribution in [0.2, 0.25) is 0 Å². The minimum Gasteiger partial charge on any atom is -0.508 e. The Morgan fingerprint density at radius 3 is 2.58 bits per heavy atom. The quantitative estimate of drug-likeness (QED) is 0.557. The van der Waals surface area contributed by atoms with Crippen LogP contribution in [-0.2, 0) is 11.2 Å². The van der Waals surface area contributed by atoms with E-state index in [0.717, 1.165) is 36.1 Å². The second-order valence-corrected chi connectivity index (χ2v) is 8.21. The molecule has 1 N–H and O–H groups in total. The van der Waals surface area contributed by atoms with Gasteiger partial charge in [-0.2, -0.15) is 0 Å². The van der Waals surface area contributed by atoms with Crippen molar-refractivity contribution in [3.8, 4) is 11.5 Å². The zero-order valence-electron chi connectivity index (χ0n) is 16.3. The summed E-state index contributed by atoms with van der Waals surface area (Å²) in [6, 6.07) is 4.01. The minimum absolute atomic E-state index is 0.150. The molecule has 0 aromatic heterocycles. The maximum Gasteiger partial charge on any atom is 0.133 e. The fourth-order valence-electron chi connectivity index (χ4n) is 4.56. The van der Waals surface area contributed by atoms with Crippen LogP contribution in [-0.4, -0.2) is 17.5 Å². The number of fused-ring (bicyclic) bond motifs is 3. The standard InChI is InChI=1S/C23H34O3/c1-2-3-4-5-6-7-8-9-10-17-13-21(25)23-20-15-19(24)12-11-18(20)16-26-22(23)14-17/h13-14,18,20,25H,2-12,15-16H2,1H3. The Morgan fingerprint density at radius 2 is 1.81 bits per heavy atom. The van der Waals surface area contributed by atoms with Gasteiger partial charge in [0, 0.05) is 30.2 Å². The van der Waals surface area contributed by atoms with Crippen molar-refractivity contribution >= 4 is 5.78 Å². The highest BCUT2D eigenvalue weighted by molar-refractivity contribution is 5.80. The number of phenols is 1. The Morgan fingerprint density at radius 1 is 1.08 bits per heavy atom. The molecule has 3 rings (SSSR count). The number of phenolic OH excluding ortho intramolecular Hbond substituents is 1. The van der Waals surface area contributed by atoms with Gasteiger partial charge >= 0.3 is 0 Å². The summed E-state index contributed by atoms with van der Waals surface area (Å²) in [4.78, 5) is 11.9. The molecule has 3 heteroatoms. The number of unbranched alkanes of at least 4 members (excludes halogenated alkanes) is 7. The molecule has 0 spiro atoms. The number of ether oxygens (including phenoxy) is 1. The Bertz CT molecular complexity index is 608. The molecule has 144 valence electrons. The zero-order valence-corrected chi connectivity index (χ0v) is 16.3. The largest absolute Gasteiger partial charge is 0.508 e. The van der Waals surface area contributed by atoms with Gasteiger partial charge in [-0.25, -0.2) is 0 Å². The lowest BCUT2D eigenvalue weighted by molar-refractivity contribution is -0.122. The van der Waals surface area contributed by atoms with Gasteiger partial charge in [0.1, 0.15) is 17.3 Å². The highest BCUT2D eigenvalue weighted by atomic mass is 16.5. The van der Waals surface area contributed by atoms with E-state index in [1.807, 2.05) is 6.07 Å². The van der Waals surface area contributed by atoms with Crippen molar-refractivity contribution in [2.24, 2.45) is 5.92 Å². The summed E-state index contributed by atoms with van der Waals surface area (Å²) in [6.45, 7) is 2.94. The van der Waals surface area contributed by atoms with E-state index in [1.165, 1.54) is 44.9 Å². The fourth-order valence-corrected chi connectivity index (χ4v) is 4.56. The number of rotatable bonds is 9. The third kappa shape index (κ3) is 4.81. The molecule has 1 saturated carbocycles. The van der Waals surface area contributed by atoms with Crippen LogP contribution < -0.4 is 4.74 Å². The molecule has 2 aliphatic rings. The van der Waals surface area contributed by atoms with E-state index < -0.39 is 0 Å². The summed E-state index contributed by atoms with van der Waals surface area (Å²) in [5, 5.41) is 10.6. The SMILES string of the molecule is CCCCCCCCCCc1cc(O)c2c(c1)OCC1CCC(=O)CC21. The van der Waals surface area contributed by atoms with E-state index in [1.54, 1.807) is 0 Å². The van der Waals surface area contributed by atoms with Crippen LogP contribution in [0.1, 0.15) is 94.6 Å². The van der Waals surface area contributed by atoms with Gasteiger partial charge in [0.15, 0.2) is 0 Å². The number of carbonyl (C=O) groups is 1. The first kappa shape index (κ1) is 19.3. The zero-order chi connectivity index (χ0) is 18.4. The average molecular weight is 359 g/mol. The first-order chi connectivity index (χ1) is 12.7. The van der Waals surface area contributed by atoms with Crippen LogP contribution in [0, 0.1) is 5.92 Å². The fraction of sp³-hybridized carbons (Fsp3) is 0.696. The minimum atomic E-state index is 0.150. The molecule has 1 aliphatic heterocycles. The summed E-state index contributed by atoms with van der Waals surface area (Å²) >= 11 is 0. The van der Waals surface area contributed by atoms with Crippen LogP contribution in [0.3, 0.4) is 0 Å². The van der Waals surface area contributed by atoms with Crippen molar-refractivity contribution in [2.45, 2.75) is 89.9 Å². The third-order valence-corrected chi connectivity index (χ3v) is 6.13. The lowest BCUT2D eigenvalue weighted by Gasteiger charge is -2.36. The molecule has 0 bridgehead atoms. The molecule has 0 radical (unpaired) electrons. The van der Waals surface area contributed by atoms with E-state index >= 15 is 0 Å². The van der Waals surface area contributed by atoms with E-state index in [-0.39, 0.29) is 5.92 Å². The maximum absolute atomic E-state index is 11.9. The van der Waals surface area contributed by atoms with Gasteiger partial charge in [-0.1, -0.05) is 51.9 Å². The number of carbonyl (C=O) groups excluding carboxylic acids is 1. The number of aromatic hydroxyl groups is 1. The number of hydrogen-bond donors (Lipinski definition) is 1. The molecule has 26 heavy (non-hydrogen) atoms. The molecule has 3 nitrogen and oxygen atoms in total. The second kappa shape index (κ2) is 9.43. The van der Waals surface area contributed by atoms with E-state index in [2.05, 4.69) is 13.0 Å². The predicted octanol–water partition coefficient (Wildman–Crippen LogP) is 5.92. The molecule has 2 unspecified atom stereocenters. The van der Waals surface area contributed by atoms with Gasteiger partial charge in [0.05, 0.1) is 6.61 Å². The summed E-state index contributed by atoms with van der Waals surface area (Å²) in [6.07, 6.45) is 13.6. The molecular formula is C23H34O3. The Balaban J connectivity index is 1.52. The van der Waals surface area contributed by atoms with Gasteiger partial charge in [-0.15, -0.1) is 0 Å². The molecule has 0 amide bonds. The molecule has 1 aromatic rings. The Hall–Kier alpha value is -1.51. The Labute approximate surface area is 158 Å². The van der Waals surface area contributed by atoms with Gasteiger partial charge in [-0.05, 0) is 37.0 Å². The number of benzene rings is 1. The second-order valence-electron chi connectivity index (χ2n) is 8.21. The van der Waals surface area contributed by atoms with E-state index in [9.17, 15) is 9.90 Å². The summed E-state index contributed by atoms with van der Waals surface area (Å²) < 4.78 is 5.96. The van der Waals surface area contributed by atoms with Crippen LogP contribution in [0.5, 0.6) is 11.5 Å². The van der Waals surface area contributed by atoms with Gasteiger partial charge in [-0.3, -0.25) is 4.79 Å². The maximum atomic E-state index is 11.9. The lowest BCUT2D eigenvalue weighted by Crippen LogP contribution is -2.32. The first-order valence-electron chi connectivity index (χ1n) is 10.7. The van der Waals surface area contributed by atoms with Crippen molar-refractivity contribution in [1.29, 1.82) is 0 Å². The monoisotopic (exact) mass is 358 g/mol. The number of Topliss-reactive ketones (excluding diaryl/α,β-unsaturated/α-hetero) is 1. The molecule has 1 fully saturated rings. The molecule has 2 atom stereocenters. The molecular weight excluding hydrogens is 324 g/mol. The average Bonchev–Trinajstić information content (AvgIpc) is 2.63. The number of aryl methyl sites for hydroxylation is 1.